The van der Waals surface area contributed by atoms with Crippen molar-refractivity contribution in [3.8, 4) is 5.75 Å². The third-order valence-electron chi connectivity index (χ3n) is 3.22. The quantitative estimate of drug-likeness (QED) is 0.814. The van der Waals surface area contributed by atoms with Crippen LogP contribution in [0.4, 0.5) is 8.78 Å². The number of rotatable bonds is 5. The summed E-state index contributed by atoms with van der Waals surface area (Å²) in [6.07, 6.45) is 2.17. The molecule has 114 valence electrons. The van der Waals surface area contributed by atoms with E-state index in [9.17, 15) is 13.6 Å². The molecule has 1 heterocycles. The lowest BCUT2D eigenvalue weighted by Gasteiger charge is -2.17. The lowest BCUT2D eigenvalue weighted by atomic mass is 10.1. The molecule has 4 nitrogen and oxygen atoms in total. The van der Waals surface area contributed by atoms with E-state index in [2.05, 4.69) is 10.6 Å². The van der Waals surface area contributed by atoms with Crippen LogP contribution in [0.3, 0.4) is 0 Å². The highest BCUT2D eigenvalue weighted by molar-refractivity contribution is 5.80. The van der Waals surface area contributed by atoms with Crippen molar-refractivity contribution < 1.29 is 18.3 Å². The molecule has 1 aromatic rings. The zero-order chi connectivity index (χ0) is 15.2. The maximum Gasteiger partial charge on any atom is 0.261 e. The SMILES string of the molecule is CC(Oc1ccc(F)c(F)c1)C(=O)NCC1=CCNCC1. The van der Waals surface area contributed by atoms with E-state index in [1.165, 1.54) is 11.6 Å². The van der Waals surface area contributed by atoms with E-state index >= 15 is 0 Å². The average Bonchev–Trinajstić information content (AvgIpc) is 2.49. The second-order valence-electron chi connectivity index (χ2n) is 4.87. The molecule has 0 aromatic heterocycles. The van der Waals surface area contributed by atoms with E-state index < -0.39 is 17.7 Å². The molecule has 0 spiro atoms. The first kappa shape index (κ1) is 15.4. The zero-order valence-electron chi connectivity index (χ0n) is 11.8. The van der Waals surface area contributed by atoms with E-state index in [4.69, 9.17) is 4.74 Å². The van der Waals surface area contributed by atoms with Crippen LogP contribution in [-0.2, 0) is 4.79 Å². The van der Waals surface area contributed by atoms with Gasteiger partial charge >= 0.3 is 0 Å². The first-order chi connectivity index (χ1) is 10.1. The van der Waals surface area contributed by atoms with Crippen molar-refractivity contribution >= 4 is 5.91 Å². The molecule has 0 radical (unpaired) electrons. The molecule has 0 saturated carbocycles. The highest BCUT2D eigenvalue weighted by Crippen LogP contribution is 2.16. The Morgan fingerprint density at radius 2 is 2.24 bits per heavy atom. The van der Waals surface area contributed by atoms with Crippen molar-refractivity contribution in [1.29, 1.82) is 0 Å². The van der Waals surface area contributed by atoms with Crippen LogP contribution in [0.1, 0.15) is 13.3 Å². The second-order valence-corrected chi connectivity index (χ2v) is 4.87. The Morgan fingerprint density at radius 1 is 1.43 bits per heavy atom. The van der Waals surface area contributed by atoms with Gasteiger partial charge in [0, 0.05) is 19.2 Å². The van der Waals surface area contributed by atoms with Crippen LogP contribution < -0.4 is 15.4 Å². The lowest BCUT2D eigenvalue weighted by Crippen LogP contribution is -2.38. The van der Waals surface area contributed by atoms with Gasteiger partial charge in [0.2, 0.25) is 0 Å². The molecule has 0 fully saturated rings. The minimum atomic E-state index is -1.00. The standard InChI is InChI=1S/C15H18F2N2O2/c1-10(21-12-2-3-13(16)14(17)8-12)15(20)19-9-11-4-6-18-7-5-11/h2-4,8,10,18H,5-7,9H2,1H3,(H,19,20). The van der Waals surface area contributed by atoms with Crippen LogP contribution in [0.5, 0.6) is 5.75 Å². The molecule has 0 aliphatic carbocycles. The number of amides is 1. The Balaban J connectivity index is 1.84. The fourth-order valence-electron chi connectivity index (χ4n) is 1.98. The third-order valence-corrected chi connectivity index (χ3v) is 3.22. The molecule has 1 unspecified atom stereocenters. The largest absolute Gasteiger partial charge is 0.481 e. The van der Waals surface area contributed by atoms with Gasteiger partial charge in [0.1, 0.15) is 5.75 Å². The Hall–Kier alpha value is -1.95. The molecular weight excluding hydrogens is 278 g/mol. The topological polar surface area (TPSA) is 50.4 Å². The number of carbonyl (C=O) groups is 1. The highest BCUT2D eigenvalue weighted by atomic mass is 19.2. The lowest BCUT2D eigenvalue weighted by molar-refractivity contribution is -0.127. The zero-order valence-corrected chi connectivity index (χ0v) is 11.8. The van der Waals surface area contributed by atoms with Crippen LogP contribution >= 0.6 is 0 Å². The summed E-state index contributed by atoms with van der Waals surface area (Å²) in [6.45, 7) is 3.76. The van der Waals surface area contributed by atoms with Gasteiger partial charge in [0.15, 0.2) is 17.7 Å². The molecule has 1 aromatic carbocycles. The molecule has 2 rings (SSSR count). The molecule has 0 saturated heterocycles. The van der Waals surface area contributed by atoms with Gasteiger partial charge in [0.25, 0.3) is 5.91 Å². The van der Waals surface area contributed by atoms with Gasteiger partial charge in [-0.2, -0.15) is 0 Å². The fourth-order valence-corrected chi connectivity index (χ4v) is 1.98. The van der Waals surface area contributed by atoms with Crippen LogP contribution in [0, 0.1) is 11.6 Å². The number of ether oxygens (including phenoxy) is 1. The Labute approximate surface area is 122 Å². The number of benzene rings is 1. The molecule has 1 amide bonds. The van der Waals surface area contributed by atoms with Crippen LogP contribution in [-0.4, -0.2) is 31.6 Å². The number of halogens is 2. The predicted octanol–water partition coefficient (Wildman–Crippen LogP) is 1.77. The minimum absolute atomic E-state index is 0.123. The van der Waals surface area contributed by atoms with Crippen LogP contribution in [0.15, 0.2) is 29.8 Å². The maximum atomic E-state index is 13.1. The first-order valence-electron chi connectivity index (χ1n) is 6.84. The van der Waals surface area contributed by atoms with E-state index in [0.29, 0.717) is 6.54 Å². The maximum absolute atomic E-state index is 13.1. The van der Waals surface area contributed by atoms with E-state index in [-0.39, 0.29) is 11.7 Å². The van der Waals surface area contributed by atoms with E-state index in [1.807, 2.05) is 6.08 Å². The Bertz CT molecular complexity index is 546. The van der Waals surface area contributed by atoms with Gasteiger partial charge in [-0.25, -0.2) is 8.78 Å². The van der Waals surface area contributed by atoms with Crippen LogP contribution in [0.25, 0.3) is 0 Å². The smallest absolute Gasteiger partial charge is 0.261 e. The molecule has 1 aliphatic heterocycles. The Kier molecular flexibility index (Phi) is 5.27. The summed E-state index contributed by atoms with van der Waals surface area (Å²) >= 11 is 0. The molecule has 2 N–H and O–H groups in total. The van der Waals surface area contributed by atoms with Gasteiger partial charge in [0.05, 0.1) is 0 Å². The van der Waals surface area contributed by atoms with Crippen molar-refractivity contribution in [3.05, 3.63) is 41.5 Å². The van der Waals surface area contributed by atoms with Crippen molar-refractivity contribution in [2.45, 2.75) is 19.4 Å². The summed E-state index contributed by atoms with van der Waals surface area (Å²) in [5, 5.41) is 5.96. The summed E-state index contributed by atoms with van der Waals surface area (Å²) in [6, 6.07) is 3.18. The summed E-state index contributed by atoms with van der Waals surface area (Å²) < 4.78 is 31.2. The van der Waals surface area contributed by atoms with E-state index in [0.717, 1.165) is 31.6 Å². The minimum Gasteiger partial charge on any atom is -0.481 e. The third kappa shape index (κ3) is 4.53. The molecule has 0 bridgehead atoms. The molecular formula is C15H18F2N2O2. The molecule has 21 heavy (non-hydrogen) atoms. The summed E-state index contributed by atoms with van der Waals surface area (Å²) in [7, 11) is 0. The van der Waals surface area contributed by atoms with E-state index in [1.54, 1.807) is 6.92 Å². The van der Waals surface area contributed by atoms with Crippen molar-refractivity contribution in [3.63, 3.8) is 0 Å². The number of hydrogen-bond donors (Lipinski definition) is 2. The monoisotopic (exact) mass is 296 g/mol. The summed E-state index contributed by atoms with van der Waals surface area (Å²) in [4.78, 5) is 11.9. The molecule has 1 atom stereocenters. The van der Waals surface area contributed by atoms with Gasteiger partial charge in [-0.05, 0) is 32.0 Å². The summed E-state index contributed by atoms with van der Waals surface area (Å²) in [5.41, 5.74) is 1.17. The number of hydrogen-bond acceptors (Lipinski definition) is 3. The fraction of sp³-hybridized carbons (Fsp3) is 0.400. The predicted molar refractivity (Wildman–Crippen MR) is 75.0 cm³/mol. The highest BCUT2D eigenvalue weighted by Gasteiger charge is 2.16. The van der Waals surface area contributed by atoms with Gasteiger partial charge in [-0.15, -0.1) is 0 Å². The second kappa shape index (κ2) is 7.17. The van der Waals surface area contributed by atoms with Gasteiger partial charge < -0.3 is 15.4 Å². The van der Waals surface area contributed by atoms with Gasteiger partial charge in [-0.1, -0.05) is 11.6 Å². The van der Waals surface area contributed by atoms with Crippen LogP contribution in [0.2, 0.25) is 0 Å². The summed E-state index contributed by atoms with van der Waals surface area (Å²) in [5.74, 6) is -2.12. The normalized spacial score (nSPS) is 16.0. The Morgan fingerprint density at radius 3 is 2.90 bits per heavy atom. The average molecular weight is 296 g/mol. The van der Waals surface area contributed by atoms with Crippen molar-refractivity contribution in [2.75, 3.05) is 19.6 Å². The number of nitrogens with one attached hydrogen (secondary N) is 2. The van der Waals surface area contributed by atoms with Crippen molar-refractivity contribution in [1.82, 2.24) is 10.6 Å². The molecule has 1 aliphatic rings. The molecule has 6 heteroatoms. The number of carbonyl (C=O) groups excluding carboxylic acids is 1. The first-order valence-corrected chi connectivity index (χ1v) is 6.84. The van der Waals surface area contributed by atoms with Crippen molar-refractivity contribution in [2.24, 2.45) is 0 Å². The van der Waals surface area contributed by atoms with Gasteiger partial charge in [-0.3, -0.25) is 4.79 Å².